The average Bonchev–Trinajstić information content (AvgIpc) is 3.09. The highest BCUT2D eigenvalue weighted by Gasteiger charge is 2.22. The van der Waals surface area contributed by atoms with Gasteiger partial charge >= 0.3 is 0 Å². The summed E-state index contributed by atoms with van der Waals surface area (Å²) in [4.78, 5) is 16.2. The van der Waals surface area contributed by atoms with Crippen molar-refractivity contribution in [3.63, 3.8) is 0 Å². The molecule has 2 aliphatic rings. The summed E-state index contributed by atoms with van der Waals surface area (Å²) < 4.78 is 5.62. The number of hydrogen-bond acceptors (Lipinski definition) is 5. The smallest absolute Gasteiger partial charge is 0.226 e. The predicted molar refractivity (Wildman–Crippen MR) is 116 cm³/mol. The number of nitriles is 1. The first-order chi connectivity index (χ1) is 14.2. The fraction of sp³-hybridized carbons (Fsp3) is 0.478. The van der Waals surface area contributed by atoms with Crippen molar-refractivity contribution in [1.82, 2.24) is 4.90 Å². The molecule has 0 fully saturated rings. The number of rotatable bonds is 6. The van der Waals surface area contributed by atoms with Crippen LogP contribution in [0.4, 0.5) is 5.00 Å². The van der Waals surface area contributed by atoms with Crippen molar-refractivity contribution < 1.29 is 9.53 Å². The third-order valence-electron chi connectivity index (χ3n) is 5.77. The van der Waals surface area contributed by atoms with E-state index in [-0.39, 0.29) is 5.91 Å². The van der Waals surface area contributed by atoms with Crippen molar-refractivity contribution in [3.05, 3.63) is 45.3 Å². The SMILES string of the molecule is CCOc1ccc2c(c1)CN(CCC(=O)Nc1sc3c(c1C#N)CCCC3)CC2. The van der Waals surface area contributed by atoms with Gasteiger partial charge in [0.15, 0.2) is 0 Å². The van der Waals surface area contributed by atoms with Crippen molar-refractivity contribution in [2.45, 2.75) is 52.0 Å². The van der Waals surface area contributed by atoms with Crippen LogP contribution < -0.4 is 10.1 Å². The zero-order valence-corrected chi connectivity index (χ0v) is 17.7. The van der Waals surface area contributed by atoms with Gasteiger partial charge in [0.05, 0.1) is 12.2 Å². The molecule has 2 heterocycles. The van der Waals surface area contributed by atoms with Gasteiger partial charge in [0, 0.05) is 30.9 Å². The number of hydrogen-bond donors (Lipinski definition) is 1. The Morgan fingerprint density at radius 2 is 2.14 bits per heavy atom. The molecule has 1 N–H and O–H groups in total. The second-order valence-electron chi connectivity index (χ2n) is 7.71. The quantitative estimate of drug-likeness (QED) is 0.773. The van der Waals surface area contributed by atoms with E-state index in [1.165, 1.54) is 22.4 Å². The molecule has 4 rings (SSSR count). The molecule has 152 valence electrons. The minimum absolute atomic E-state index is 0.00559. The first-order valence-electron chi connectivity index (χ1n) is 10.5. The van der Waals surface area contributed by atoms with E-state index in [0.29, 0.717) is 18.6 Å². The molecule has 1 aromatic heterocycles. The third kappa shape index (κ3) is 4.47. The van der Waals surface area contributed by atoms with Crippen molar-refractivity contribution in [1.29, 1.82) is 5.26 Å². The normalized spacial score (nSPS) is 15.9. The van der Waals surface area contributed by atoms with Crippen LogP contribution in [0.5, 0.6) is 5.75 Å². The van der Waals surface area contributed by atoms with E-state index >= 15 is 0 Å². The van der Waals surface area contributed by atoms with Crippen LogP contribution in [-0.4, -0.2) is 30.5 Å². The predicted octanol–water partition coefficient (Wildman–Crippen LogP) is 4.28. The molecule has 0 saturated carbocycles. The molecular weight excluding hydrogens is 382 g/mol. The Labute approximate surface area is 176 Å². The maximum Gasteiger partial charge on any atom is 0.226 e. The number of aryl methyl sites for hydroxylation is 1. The topological polar surface area (TPSA) is 65.4 Å². The number of amides is 1. The van der Waals surface area contributed by atoms with Gasteiger partial charge in [-0.25, -0.2) is 0 Å². The van der Waals surface area contributed by atoms with Crippen LogP contribution in [0.3, 0.4) is 0 Å². The molecule has 1 aliphatic heterocycles. The molecule has 0 spiro atoms. The molecule has 5 nitrogen and oxygen atoms in total. The maximum absolute atomic E-state index is 12.6. The Bertz CT molecular complexity index is 944. The lowest BCUT2D eigenvalue weighted by Gasteiger charge is -2.28. The number of thiophene rings is 1. The lowest BCUT2D eigenvalue weighted by molar-refractivity contribution is -0.116. The molecule has 29 heavy (non-hydrogen) atoms. The summed E-state index contributed by atoms with van der Waals surface area (Å²) in [5.41, 5.74) is 4.52. The van der Waals surface area contributed by atoms with Crippen LogP contribution in [0.2, 0.25) is 0 Å². The van der Waals surface area contributed by atoms with E-state index in [4.69, 9.17) is 4.74 Å². The van der Waals surface area contributed by atoms with Crippen molar-refractivity contribution in [2.24, 2.45) is 0 Å². The Morgan fingerprint density at radius 1 is 1.28 bits per heavy atom. The Kier molecular flexibility index (Phi) is 6.17. The van der Waals surface area contributed by atoms with E-state index in [0.717, 1.165) is 61.6 Å². The fourth-order valence-corrected chi connectivity index (χ4v) is 5.52. The minimum atomic E-state index is -0.00559. The van der Waals surface area contributed by atoms with Gasteiger partial charge in [0.25, 0.3) is 0 Å². The highest BCUT2D eigenvalue weighted by atomic mass is 32.1. The van der Waals surface area contributed by atoms with Gasteiger partial charge < -0.3 is 10.1 Å². The molecule has 2 aromatic rings. The molecule has 0 atom stereocenters. The summed E-state index contributed by atoms with van der Waals surface area (Å²) in [5.74, 6) is 0.908. The van der Waals surface area contributed by atoms with Gasteiger partial charge in [-0.2, -0.15) is 5.26 Å². The summed E-state index contributed by atoms with van der Waals surface area (Å²) >= 11 is 1.59. The van der Waals surface area contributed by atoms with Crippen LogP contribution in [0.1, 0.15) is 53.3 Å². The molecule has 0 bridgehead atoms. The molecule has 0 saturated heterocycles. The number of ether oxygens (including phenoxy) is 1. The Balaban J connectivity index is 1.34. The minimum Gasteiger partial charge on any atom is -0.494 e. The second-order valence-corrected chi connectivity index (χ2v) is 8.82. The largest absolute Gasteiger partial charge is 0.494 e. The van der Waals surface area contributed by atoms with Gasteiger partial charge in [0.1, 0.15) is 16.8 Å². The number of benzene rings is 1. The number of fused-ring (bicyclic) bond motifs is 2. The van der Waals surface area contributed by atoms with Crippen LogP contribution in [0, 0.1) is 11.3 Å². The monoisotopic (exact) mass is 409 g/mol. The highest BCUT2D eigenvalue weighted by Crippen LogP contribution is 2.37. The zero-order chi connectivity index (χ0) is 20.2. The van der Waals surface area contributed by atoms with E-state index in [1.807, 2.05) is 13.0 Å². The molecule has 0 unspecified atom stereocenters. The standard InChI is InChI=1S/C23H27N3O2S/c1-2-28-18-8-7-16-9-11-26(15-17(16)13-18)12-10-22(27)25-23-20(14-24)19-5-3-4-6-21(19)29-23/h7-8,13H,2-6,9-12,15H2,1H3,(H,25,27). The van der Waals surface area contributed by atoms with E-state index in [1.54, 1.807) is 11.3 Å². The van der Waals surface area contributed by atoms with Crippen LogP contribution >= 0.6 is 11.3 Å². The molecule has 1 amide bonds. The summed E-state index contributed by atoms with van der Waals surface area (Å²) in [6.45, 7) is 5.19. The van der Waals surface area contributed by atoms with Gasteiger partial charge in [-0.15, -0.1) is 11.3 Å². The van der Waals surface area contributed by atoms with E-state index in [9.17, 15) is 10.1 Å². The fourth-order valence-electron chi connectivity index (χ4n) is 4.26. The molecule has 6 heteroatoms. The van der Waals surface area contributed by atoms with Crippen LogP contribution in [0.15, 0.2) is 18.2 Å². The number of anilines is 1. The van der Waals surface area contributed by atoms with Crippen molar-refractivity contribution >= 4 is 22.2 Å². The van der Waals surface area contributed by atoms with Gasteiger partial charge in [0.2, 0.25) is 5.91 Å². The summed E-state index contributed by atoms with van der Waals surface area (Å²) in [6, 6.07) is 8.64. The molecule has 1 aromatic carbocycles. The number of nitrogens with zero attached hydrogens (tertiary/aromatic N) is 2. The van der Waals surface area contributed by atoms with E-state index < -0.39 is 0 Å². The first kappa shape index (κ1) is 19.9. The number of carbonyl (C=O) groups is 1. The second kappa shape index (κ2) is 8.98. The van der Waals surface area contributed by atoms with Gasteiger partial charge in [-0.05, 0) is 67.9 Å². The van der Waals surface area contributed by atoms with Crippen molar-refractivity contribution in [2.75, 3.05) is 25.0 Å². The lowest BCUT2D eigenvalue weighted by Crippen LogP contribution is -2.33. The van der Waals surface area contributed by atoms with E-state index in [2.05, 4.69) is 28.4 Å². The lowest BCUT2D eigenvalue weighted by atomic mass is 9.96. The molecule has 1 aliphatic carbocycles. The number of carbonyl (C=O) groups excluding carboxylic acids is 1. The molecular formula is C23H27N3O2S. The maximum atomic E-state index is 12.6. The first-order valence-corrected chi connectivity index (χ1v) is 11.3. The summed E-state index contributed by atoms with van der Waals surface area (Å²) in [6.07, 6.45) is 5.73. The summed E-state index contributed by atoms with van der Waals surface area (Å²) in [5, 5.41) is 13.3. The van der Waals surface area contributed by atoms with Gasteiger partial charge in [-0.1, -0.05) is 6.07 Å². The average molecular weight is 410 g/mol. The Hall–Kier alpha value is -2.36. The highest BCUT2D eigenvalue weighted by molar-refractivity contribution is 7.16. The number of nitrogens with one attached hydrogen (secondary N) is 1. The Morgan fingerprint density at radius 3 is 2.97 bits per heavy atom. The van der Waals surface area contributed by atoms with Crippen molar-refractivity contribution in [3.8, 4) is 11.8 Å². The molecule has 0 radical (unpaired) electrons. The zero-order valence-electron chi connectivity index (χ0n) is 16.9. The van der Waals surface area contributed by atoms with Crippen LogP contribution in [0.25, 0.3) is 0 Å². The van der Waals surface area contributed by atoms with Crippen LogP contribution in [-0.2, 0) is 30.6 Å². The summed E-state index contributed by atoms with van der Waals surface area (Å²) in [7, 11) is 0. The van der Waals surface area contributed by atoms with Gasteiger partial charge in [-0.3, -0.25) is 9.69 Å². The third-order valence-corrected chi connectivity index (χ3v) is 6.98.